The number of phenols is 1. The lowest BCUT2D eigenvalue weighted by molar-refractivity contribution is 0.0692. The molecule has 0 spiro atoms. The van der Waals surface area contributed by atoms with E-state index in [2.05, 4.69) is 26.0 Å². The Morgan fingerprint density at radius 3 is 2.04 bits per heavy atom. The highest BCUT2D eigenvalue weighted by atomic mass is 16.4. The van der Waals surface area contributed by atoms with E-state index in [0.717, 1.165) is 17.5 Å². The number of benzene rings is 2. The number of carboxylic acid groups (broad SMARTS) is 1. The zero-order chi connectivity index (χ0) is 19.0. The van der Waals surface area contributed by atoms with Gasteiger partial charge in [-0.3, -0.25) is 0 Å². The minimum absolute atomic E-state index is 0.0121. The van der Waals surface area contributed by atoms with Crippen LogP contribution >= 0.6 is 0 Å². The van der Waals surface area contributed by atoms with E-state index in [1.54, 1.807) is 6.92 Å². The molecule has 134 valence electrons. The van der Waals surface area contributed by atoms with Crippen LogP contribution in [0.15, 0.2) is 36.4 Å². The highest BCUT2D eigenvalue weighted by Gasteiger charge is 2.34. The van der Waals surface area contributed by atoms with Crippen LogP contribution in [-0.4, -0.2) is 16.2 Å². The molecule has 0 heterocycles. The van der Waals surface area contributed by atoms with Gasteiger partial charge in [0.25, 0.3) is 0 Å². The van der Waals surface area contributed by atoms with E-state index < -0.39 is 5.97 Å². The van der Waals surface area contributed by atoms with Crippen molar-refractivity contribution in [2.45, 2.75) is 58.8 Å². The van der Waals surface area contributed by atoms with Crippen molar-refractivity contribution in [1.29, 1.82) is 0 Å². The van der Waals surface area contributed by atoms with Gasteiger partial charge in [-0.1, -0.05) is 71.0 Å². The molecule has 0 fully saturated rings. The molecule has 1 unspecified atom stereocenters. The second kappa shape index (κ2) is 6.55. The summed E-state index contributed by atoms with van der Waals surface area (Å²) in [4.78, 5) is 11.9. The topological polar surface area (TPSA) is 57.5 Å². The van der Waals surface area contributed by atoms with Crippen LogP contribution in [0.5, 0.6) is 5.75 Å². The number of carbonyl (C=O) groups is 1. The summed E-state index contributed by atoms with van der Waals surface area (Å²) in [5.41, 5.74) is 2.72. The molecule has 25 heavy (non-hydrogen) atoms. The van der Waals surface area contributed by atoms with Crippen LogP contribution in [0, 0.1) is 6.92 Å². The highest BCUT2D eigenvalue weighted by molar-refractivity contribution is 5.94. The van der Waals surface area contributed by atoms with Gasteiger partial charge in [-0.2, -0.15) is 0 Å². The van der Waals surface area contributed by atoms with Crippen LogP contribution in [0.3, 0.4) is 0 Å². The van der Waals surface area contributed by atoms with Crippen molar-refractivity contribution in [3.8, 4) is 5.75 Å². The number of carboxylic acids is 1. The Bertz CT molecular complexity index is 785. The molecule has 2 aromatic carbocycles. The molecule has 2 rings (SSSR count). The van der Waals surface area contributed by atoms with Crippen molar-refractivity contribution in [3.05, 3.63) is 64.2 Å². The Hall–Kier alpha value is -2.29. The quantitative estimate of drug-likeness (QED) is 0.782. The lowest BCUT2D eigenvalue weighted by Crippen LogP contribution is -2.26. The van der Waals surface area contributed by atoms with Crippen molar-refractivity contribution in [2.75, 3.05) is 0 Å². The average molecular weight is 340 g/mol. The fourth-order valence-corrected chi connectivity index (χ4v) is 3.53. The summed E-state index contributed by atoms with van der Waals surface area (Å²) in [7, 11) is 0. The molecule has 0 amide bonds. The van der Waals surface area contributed by atoms with Gasteiger partial charge in [0.2, 0.25) is 0 Å². The molecular weight excluding hydrogens is 312 g/mol. The third-order valence-electron chi connectivity index (χ3n) is 5.29. The third kappa shape index (κ3) is 3.28. The van der Waals surface area contributed by atoms with E-state index in [4.69, 9.17) is 0 Å². The summed E-state index contributed by atoms with van der Waals surface area (Å²) < 4.78 is 0. The summed E-state index contributed by atoms with van der Waals surface area (Å²) in [5.74, 6) is -1.21. The summed E-state index contributed by atoms with van der Waals surface area (Å²) in [6, 6.07) is 12.1. The monoisotopic (exact) mass is 340 g/mol. The van der Waals surface area contributed by atoms with Crippen molar-refractivity contribution in [3.63, 3.8) is 0 Å². The van der Waals surface area contributed by atoms with Gasteiger partial charge in [0.15, 0.2) is 0 Å². The fourth-order valence-electron chi connectivity index (χ4n) is 3.53. The summed E-state index contributed by atoms with van der Waals surface area (Å²) in [6.07, 6.45) is 0.825. The van der Waals surface area contributed by atoms with Crippen LogP contribution < -0.4 is 0 Å². The standard InChI is InChI=1S/C22H28O3/c1-7-22(6,15-11-9-8-10-12-15)16-13-17(21(3,4)5)19(23)18(14(16)2)20(24)25/h8-13,23H,7H2,1-6H3,(H,24,25). The molecule has 0 aliphatic heterocycles. The minimum atomic E-state index is -1.09. The number of aromatic hydroxyl groups is 1. The fraction of sp³-hybridized carbons (Fsp3) is 0.409. The van der Waals surface area contributed by atoms with Crippen LogP contribution in [0.25, 0.3) is 0 Å². The van der Waals surface area contributed by atoms with Gasteiger partial charge in [-0.15, -0.1) is 0 Å². The van der Waals surface area contributed by atoms with Crippen molar-refractivity contribution in [2.24, 2.45) is 0 Å². The van der Waals surface area contributed by atoms with Gasteiger partial charge in [0.05, 0.1) is 0 Å². The Balaban J connectivity index is 2.89. The molecular formula is C22H28O3. The molecule has 3 nitrogen and oxygen atoms in total. The maximum atomic E-state index is 11.9. The predicted molar refractivity (Wildman–Crippen MR) is 102 cm³/mol. The van der Waals surface area contributed by atoms with Gasteiger partial charge >= 0.3 is 5.97 Å². The van der Waals surface area contributed by atoms with Crippen LogP contribution in [0.1, 0.15) is 73.7 Å². The van der Waals surface area contributed by atoms with Crippen molar-refractivity contribution in [1.82, 2.24) is 0 Å². The Morgan fingerprint density at radius 2 is 1.60 bits per heavy atom. The van der Waals surface area contributed by atoms with Gasteiger partial charge in [-0.25, -0.2) is 4.79 Å². The summed E-state index contributed by atoms with van der Waals surface area (Å²) in [6.45, 7) is 12.0. The van der Waals surface area contributed by atoms with E-state index >= 15 is 0 Å². The van der Waals surface area contributed by atoms with Crippen LogP contribution in [-0.2, 0) is 10.8 Å². The van der Waals surface area contributed by atoms with Gasteiger partial charge < -0.3 is 10.2 Å². The van der Waals surface area contributed by atoms with Gasteiger partial charge in [0, 0.05) is 11.0 Å². The molecule has 0 bridgehead atoms. The number of hydrogen-bond donors (Lipinski definition) is 2. The average Bonchev–Trinajstić information content (AvgIpc) is 2.53. The molecule has 2 aromatic rings. The maximum Gasteiger partial charge on any atom is 0.339 e. The number of hydrogen-bond acceptors (Lipinski definition) is 2. The van der Waals surface area contributed by atoms with Gasteiger partial charge in [-0.05, 0) is 35.4 Å². The second-order valence-electron chi connectivity index (χ2n) is 7.93. The molecule has 0 saturated heterocycles. The lowest BCUT2D eigenvalue weighted by Gasteiger charge is -2.34. The Kier molecular flexibility index (Phi) is 4.99. The molecule has 2 N–H and O–H groups in total. The number of aromatic carboxylic acids is 1. The smallest absolute Gasteiger partial charge is 0.339 e. The normalized spacial score (nSPS) is 14.2. The summed E-state index contributed by atoms with van der Waals surface area (Å²) >= 11 is 0. The molecule has 3 heteroatoms. The van der Waals surface area contributed by atoms with Crippen LogP contribution in [0.4, 0.5) is 0 Å². The first-order valence-corrected chi connectivity index (χ1v) is 8.70. The largest absolute Gasteiger partial charge is 0.507 e. The summed E-state index contributed by atoms with van der Waals surface area (Å²) in [5, 5.41) is 20.3. The number of rotatable bonds is 4. The molecule has 0 saturated carbocycles. The first kappa shape index (κ1) is 19.0. The highest BCUT2D eigenvalue weighted by Crippen LogP contribution is 2.44. The van der Waals surface area contributed by atoms with E-state index in [-0.39, 0.29) is 22.1 Å². The second-order valence-corrected chi connectivity index (χ2v) is 7.93. The minimum Gasteiger partial charge on any atom is -0.507 e. The molecule has 0 radical (unpaired) electrons. The van der Waals surface area contributed by atoms with E-state index in [9.17, 15) is 15.0 Å². The molecule has 1 atom stereocenters. The third-order valence-corrected chi connectivity index (χ3v) is 5.29. The first-order chi connectivity index (χ1) is 11.5. The lowest BCUT2D eigenvalue weighted by atomic mass is 9.70. The molecule has 0 aliphatic rings. The Morgan fingerprint density at radius 1 is 1.04 bits per heavy atom. The Labute approximate surface area is 150 Å². The van der Waals surface area contributed by atoms with Crippen molar-refractivity contribution >= 4 is 5.97 Å². The zero-order valence-electron chi connectivity index (χ0n) is 16.0. The van der Waals surface area contributed by atoms with E-state index in [1.807, 2.05) is 45.0 Å². The maximum absolute atomic E-state index is 11.9. The first-order valence-electron chi connectivity index (χ1n) is 8.70. The van der Waals surface area contributed by atoms with Gasteiger partial charge in [0.1, 0.15) is 11.3 Å². The predicted octanol–water partition coefficient (Wildman–Crippen LogP) is 5.41. The molecule has 0 aromatic heterocycles. The molecule has 0 aliphatic carbocycles. The van der Waals surface area contributed by atoms with Crippen LogP contribution in [0.2, 0.25) is 0 Å². The SMILES string of the molecule is CCC(C)(c1ccccc1)c1cc(C(C)(C)C)c(O)c(C(=O)O)c1C. The van der Waals surface area contributed by atoms with E-state index in [0.29, 0.717) is 11.1 Å². The van der Waals surface area contributed by atoms with Crippen molar-refractivity contribution < 1.29 is 15.0 Å². The zero-order valence-corrected chi connectivity index (χ0v) is 16.0. The van der Waals surface area contributed by atoms with E-state index in [1.165, 1.54) is 0 Å².